The van der Waals surface area contributed by atoms with Gasteiger partial charge in [-0.15, -0.1) is 0 Å². The van der Waals surface area contributed by atoms with Crippen molar-refractivity contribution in [2.75, 3.05) is 18.4 Å². The molecule has 1 aromatic heterocycles. The van der Waals surface area contributed by atoms with E-state index in [2.05, 4.69) is 15.6 Å². The maximum Gasteiger partial charge on any atom is 0.273 e. The number of hydrogen-bond donors (Lipinski definition) is 3. The minimum absolute atomic E-state index is 0.0885. The molecule has 2 aromatic rings. The lowest BCUT2D eigenvalue weighted by Crippen LogP contribution is -2.29. The summed E-state index contributed by atoms with van der Waals surface area (Å²) >= 11 is 0. The first-order valence-electron chi connectivity index (χ1n) is 6.59. The Bertz CT molecular complexity index is 738. The highest BCUT2D eigenvalue weighted by molar-refractivity contribution is 5.94. The third-order valence-corrected chi connectivity index (χ3v) is 2.89. The summed E-state index contributed by atoms with van der Waals surface area (Å²) in [5.74, 6) is -1.55. The summed E-state index contributed by atoms with van der Waals surface area (Å²) in [6.45, 7) is 0.333. The van der Waals surface area contributed by atoms with Crippen molar-refractivity contribution in [2.45, 2.75) is 0 Å². The van der Waals surface area contributed by atoms with Gasteiger partial charge in [-0.25, -0.2) is 9.37 Å². The average molecular weight is 320 g/mol. The molecule has 0 spiro atoms. The van der Waals surface area contributed by atoms with Gasteiger partial charge in [-0.05, 0) is 18.2 Å². The Morgan fingerprint density at radius 2 is 2.13 bits per heavy atom. The van der Waals surface area contributed by atoms with E-state index in [0.29, 0.717) is 0 Å². The van der Waals surface area contributed by atoms with Crippen LogP contribution in [-0.4, -0.2) is 34.0 Å². The molecule has 0 unspecified atom stereocenters. The molecule has 0 aliphatic rings. The average Bonchev–Trinajstić information content (AvgIpc) is 2.52. The molecule has 0 bridgehead atoms. The second kappa shape index (κ2) is 7.16. The summed E-state index contributed by atoms with van der Waals surface area (Å²) in [4.78, 5) is 25.3. The van der Waals surface area contributed by atoms with E-state index in [-0.39, 0.29) is 35.9 Å². The molecule has 0 fully saturated rings. The SMILES string of the molecule is O=C(NCCNc1ccc([N+](=O)[O-])cc1F)c1ncccc1O. The molecule has 0 saturated heterocycles. The van der Waals surface area contributed by atoms with E-state index in [1.165, 1.54) is 30.5 Å². The Kier molecular flexibility index (Phi) is 5.03. The zero-order valence-electron chi connectivity index (χ0n) is 11.8. The summed E-state index contributed by atoms with van der Waals surface area (Å²) in [7, 11) is 0. The van der Waals surface area contributed by atoms with Crippen molar-refractivity contribution >= 4 is 17.3 Å². The summed E-state index contributed by atoms with van der Waals surface area (Å²) in [5, 5.41) is 25.2. The number of amides is 1. The minimum Gasteiger partial charge on any atom is -0.505 e. The first kappa shape index (κ1) is 16.1. The van der Waals surface area contributed by atoms with E-state index in [1.807, 2.05) is 0 Å². The molecule has 120 valence electrons. The van der Waals surface area contributed by atoms with Crippen LogP contribution < -0.4 is 10.6 Å². The molecule has 8 nitrogen and oxygen atoms in total. The smallest absolute Gasteiger partial charge is 0.273 e. The Morgan fingerprint density at radius 3 is 2.78 bits per heavy atom. The van der Waals surface area contributed by atoms with Gasteiger partial charge in [-0.1, -0.05) is 0 Å². The van der Waals surface area contributed by atoms with Gasteiger partial charge in [0.25, 0.3) is 11.6 Å². The van der Waals surface area contributed by atoms with Crippen molar-refractivity contribution < 1.29 is 19.2 Å². The van der Waals surface area contributed by atoms with Gasteiger partial charge in [-0.3, -0.25) is 14.9 Å². The van der Waals surface area contributed by atoms with Gasteiger partial charge in [-0.2, -0.15) is 0 Å². The Labute approximate surface area is 130 Å². The summed E-state index contributed by atoms with van der Waals surface area (Å²) in [5.41, 5.74) is -0.355. The number of pyridine rings is 1. The van der Waals surface area contributed by atoms with Crippen molar-refractivity contribution in [3.8, 4) is 5.75 Å². The van der Waals surface area contributed by atoms with Crippen LogP contribution in [0.2, 0.25) is 0 Å². The highest BCUT2D eigenvalue weighted by Crippen LogP contribution is 2.20. The number of carbonyl (C=O) groups excluding carboxylic acids is 1. The number of halogens is 1. The van der Waals surface area contributed by atoms with Crippen molar-refractivity contribution in [1.82, 2.24) is 10.3 Å². The van der Waals surface area contributed by atoms with Crippen LogP contribution in [0.4, 0.5) is 15.8 Å². The second-order valence-electron chi connectivity index (χ2n) is 4.48. The van der Waals surface area contributed by atoms with E-state index in [1.54, 1.807) is 0 Å². The molecule has 0 radical (unpaired) electrons. The molecule has 1 amide bonds. The number of nitrogens with one attached hydrogen (secondary N) is 2. The van der Waals surface area contributed by atoms with E-state index in [9.17, 15) is 24.4 Å². The van der Waals surface area contributed by atoms with Crippen molar-refractivity contribution in [2.24, 2.45) is 0 Å². The number of anilines is 1. The highest BCUT2D eigenvalue weighted by atomic mass is 19.1. The van der Waals surface area contributed by atoms with Crippen LogP contribution in [0.1, 0.15) is 10.5 Å². The number of benzene rings is 1. The number of non-ortho nitro benzene ring substituents is 1. The van der Waals surface area contributed by atoms with Crippen LogP contribution in [0, 0.1) is 15.9 Å². The fourth-order valence-electron chi connectivity index (χ4n) is 1.79. The summed E-state index contributed by atoms with van der Waals surface area (Å²) < 4.78 is 13.6. The molecule has 0 atom stereocenters. The number of nitro groups is 1. The van der Waals surface area contributed by atoms with Crippen LogP contribution in [0.25, 0.3) is 0 Å². The third kappa shape index (κ3) is 4.13. The molecule has 1 heterocycles. The molecule has 9 heteroatoms. The van der Waals surface area contributed by atoms with Gasteiger partial charge in [0.1, 0.15) is 5.75 Å². The molecule has 3 N–H and O–H groups in total. The molecule has 2 rings (SSSR count). The lowest BCUT2D eigenvalue weighted by molar-refractivity contribution is -0.385. The number of hydrogen-bond acceptors (Lipinski definition) is 6. The van der Waals surface area contributed by atoms with Crippen LogP contribution in [0.3, 0.4) is 0 Å². The predicted molar refractivity (Wildman–Crippen MR) is 79.8 cm³/mol. The second-order valence-corrected chi connectivity index (χ2v) is 4.48. The van der Waals surface area contributed by atoms with Crippen LogP contribution in [0.15, 0.2) is 36.5 Å². The van der Waals surface area contributed by atoms with Crippen LogP contribution in [0.5, 0.6) is 5.75 Å². The first-order valence-corrected chi connectivity index (χ1v) is 6.59. The molecule has 23 heavy (non-hydrogen) atoms. The topological polar surface area (TPSA) is 117 Å². The molecular weight excluding hydrogens is 307 g/mol. The quantitative estimate of drug-likeness (QED) is 0.423. The van der Waals surface area contributed by atoms with Gasteiger partial charge in [0.05, 0.1) is 16.7 Å². The number of aromatic hydroxyl groups is 1. The number of rotatable bonds is 6. The Hall–Kier alpha value is -3.23. The fourth-order valence-corrected chi connectivity index (χ4v) is 1.79. The maximum absolute atomic E-state index is 13.6. The fraction of sp³-hybridized carbons (Fsp3) is 0.143. The predicted octanol–water partition coefficient (Wildman–Crippen LogP) is 1.68. The Balaban J connectivity index is 1.85. The number of nitrogens with zero attached hydrogens (tertiary/aromatic N) is 2. The molecule has 0 aliphatic carbocycles. The zero-order chi connectivity index (χ0) is 16.8. The van der Waals surface area contributed by atoms with E-state index >= 15 is 0 Å². The lowest BCUT2D eigenvalue weighted by atomic mass is 10.2. The number of carbonyl (C=O) groups is 1. The molecule has 0 saturated carbocycles. The van der Waals surface area contributed by atoms with Crippen molar-refractivity contribution in [3.63, 3.8) is 0 Å². The van der Waals surface area contributed by atoms with Gasteiger partial charge in [0.15, 0.2) is 11.5 Å². The number of nitro benzene ring substituents is 1. The summed E-state index contributed by atoms with van der Waals surface area (Å²) in [6, 6.07) is 6.07. The van der Waals surface area contributed by atoms with Gasteiger partial charge in [0, 0.05) is 25.4 Å². The maximum atomic E-state index is 13.6. The third-order valence-electron chi connectivity index (χ3n) is 2.89. The zero-order valence-corrected chi connectivity index (χ0v) is 11.8. The standard InChI is InChI=1S/C14H13FN4O4/c15-10-8-9(19(22)23)3-4-11(10)16-6-7-18-14(21)13-12(20)2-1-5-17-13/h1-5,8,16,20H,6-7H2,(H,18,21). The molecule has 1 aromatic carbocycles. The largest absolute Gasteiger partial charge is 0.505 e. The van der Waals surface area contributed by atoms with E-state index in [0.717, 1.165) is 6.07 Å². The normalized spacial score (nSPS) is 10.1. The minimum atomic E-state index is -0.757. The molecular formula is C14H13FN4O4. The Morgan fingerprint density at radius 1 is 1.35 bits per heavy atom. The van der Waals surface area contributed by atoms with Crippen molar-refractivity contribution in [3.05, 3.63) is 58.2 Å². The number of aromatic nitrogens is 1. The van der Waals surface area contributed by atoms with Gasteiger partial charge < -0.3 is 15.7 Å². The highest BCUT2D eigenvalue weighted by Gasteiger charge is 2.12. The van der Waals surface area contributed by atoms with Gasteiger partial charge >= 0.3 is 0 Å². The van der Waals surface area contributed by atoms with E-state index < -0.39 is 16.6 Å². The lowest BCUT2D eigenvalue weighted by Gasteiger charge is -2.09. The first-order chi connectivity index (χ1) is 11.0. The van der Waals surface area contributed by atoms with Crippen LogP contribution in [-0.2, 0) is 0 Å². The van der Waals surface area contributed by atoms with Crippen molar-refractivity contribution in [1.29, 1.82) is 0 Å². The molecule has 0 aliphatic heterocycles. The van der Waals surface area contributed by atoms with Crippen LogP contribution >= 0.6 is 0 Å². The summed E-state index contributed by atoms with van der Waals surface area (Å²) in [6.07, 6.45) is 1.37. The monoisotopic (exact) mass is 320 g/mol. The van der Waals surface area contributed by atoms with E-state index in [4.69, 9.17) is 0 Å². The van der Waals surface area contributed by atoms with Gasteiger partial charge in [0.2, 0.25) is 0 Å².